The minimum atomic E-state index is -0.145. The summed E-state index contributed by atoms with van der Waals surface area (Å²) in [5.41, 5.74) is 3.23. The van der Waals surface area contributed by atoms with Crippen LogP contribution in [0.3, 0.4) is 0 Å². The van der Waals surface area contributed by atoms with E-state index in [9.17, 15) is 9.50 Å². The maximum Gasteiger partial charge on any atom is 0.119 e. The molecule has 1 aliphatic heterocycles. The van der Waals surface area contributed by atoms with Crippen LogP contribution in [-0.4, -0.2) is 36.5 Å². The summed E-state index contributed by atoms with van der Waals surface area (Å²) >= 11 is 0. The van der Waals surface area contributed by atoms with Crippen molar-refractivity contribution >= 4 is 0 Å². The SMILES string of the molecule is CCC(O)CCCCCC1=C2CC(C3C=C(F)C=CC3)CC(OC)C2NC(C2CC=CCC2)C1. The summed E-state index contributed by atoms with van der Waals surface area (Å²) in [5.74, 6) is 1.34. The van der Waals surface area contributed by atoms with Crippen molar-refractivity contribution in [1.29, 1.82) is 0 Å². The molecule has 190 valence electrons. The first-order valence-electron chi connectivity index (χ1n) is 14.0. The van der Waals surface area contributed by atoms with Gasteiger partial charge < -0.3 is 15.2 Å². The molecule has 7 atom stereocenters. The van der Waals surface area contributed by atoms with Crippen molar-refractivity contribution in [2.24, 2.45) is 17.8 Å². The Kier molecular flexibility index (Phi) is 9.62. The molecule has 4 heteroatoms. The lowest BCUT2D eigenvalue weighted by atomic mass is 9.68. The highest BCUT2D eigenvalue weighted by Crippen LogP contribution is 2.44. The maximum atomic E-state index is 14.1. The molecule has 0 spiro atoms. The topological polar surface area (TPSA) is 41.5 Å². The minimum absolute atomic E-state index is 0.0806. The average molecular weight is 472 g/mol. The number of aliphatic hydroxyl groups excluding tert-OH is 1. The van der Waals surface area contributed by atoms with Gasteiger partial charge in [0.25, 0.3) is 0 Å². The molecule has 7 unspecified atom stereocenters. The second kappa shape index (κ2) is 12.6. The molecule has 2 N–H and O–H groups in total. The number of unbranched alkanes of at least 4 members (excludes halogenated alkanes) is 2. The Morgan fingerprint density at radius 1 is 1.12 bits per heavy atom. The molecule has 0 saturated heterocycles. The number of ether oxygens (including phenoxy) is 1. The Morgan fingerprint density at radius 2 is 2.00 bits per heavy atom. The van der Waals surface area contributed by atoms with Crippen LogP contribution in [0.4, 0.5) is 4.39 Å². The zero-order valence-corrected chi connectivity index (χ0v) is 21.4. The Labute approximate surface area is 206 Å². The summed E-state index contributed by atoms with van der Waals surface area (Å²) in [6.45, 7) is 2.06. The smallest absolute Gasteiger partial charge is 0.119 e. The fourth-order valence-corrected chi connectivity index (χ4v) is 6.81. The van der Waals surface area contributed by atoms with Crippen LogP contribution < -0.4 is 5.32 Å². The van der Waals surface area contributed by atoms with Crippen molar-refractivity contribution in [3.05, 3.63) is 47.4 Å². The van der Waals surface area contributed by atoms with Crippen molar-refractivity contribution in [2.45, 2.75) is 115 Å². The second-order valence-electron chi connectivity index (χ2n) is 11.1. The van der Waals surface area contributed by atoms with Crippen molar-refractivity contribution in [2.75, 3.05) is 7.11 Å². The van der Waals surface area contributed by atoms with E-state index < -0.39 is 0 Å². The first-order valence-corrected chi connectivity index (χ1v) is 14.0. The van der Waals surface area contributed by atoms with Gasteiger partial charge in [0, 0.05) is 13.2 Å². The zero-order valence-electron chi connectivity index (χ0n) is 21.4. The number of fused-ring (bicyclic) bond motifs is 1. The summed E-state index contributed by atoms with van der Waals surface area (Å²) < 4.78 is 20.2. The van der Waals surface area contributed by atoms with E-state index in [2.05, 4.69) is 24.4 Å². The third-order valence-corrected chi connectivity index (χ3v) is 8.91. The summed E-state index contributed by atoms with van der Waals surface area (Å²) in [6.07, 6.45) is 24.4. The largest absolute Gasteiger partial charge is 0.393 e. The van der Waals surface area contributed by atoms with Gasteiger partial charge in [-0.1, -0.05) is 49.1 Å². The highest BCUT2D eigenvalue weighted by atomic mass is 19.1. The van der Waals surface area contributed by atoms with Crippen LogP contribution in [0.2, 0.25) is 0 Å². The van der Waals surface area contributed by atoms with Gasteiger partial charge in [-0.25, -0.2) is 4.39 Å². The van der Waals surface area contributed by atoms with E-state index in [1.54, 1.807) is 17.2 Å². The number of hydrogen-bond donors (Lipinski definition) is 2. The molecular formula is C30H46FNO2. The van der Waals surface area contributed by atoms with Crippen LogP contribution in [-0.2, 0) is 4.74 Å². The summed E-state index contributed by atoms with van der Waals surface area (Å²) in [5, 5.41) is 14.0. The highest BCUT2D eigenvalue weighted by molar-refractivity contribution is 5.31. The molecule has 0 bridgehead atoms. The lowest BCUT2D eigenvalue weighted by Gasteiger charge is -2.47. The molecule has 3 aliphatic carbocycles. The molecule has 1 fully saturated rings. The van der Waals surface area contributed by atoms with Crippen LogP contribution in [0, 0.1) is 17.8 Å². The molecule has 0 aromatic heterocycles. The lowest BCUT2D eigenvalue weighted by Crippen LogP contribution is -2.56. The van der Waals surface area contributed by atoms with Gasteiger partial charge in [-0.05, 0) is 101 Å². The third kappa shape index (κ3) is 6.50. The molecule has 1 saturated carbocycles. The number of methoxy groups -OCH3 is 1. The Bertz CT molecular complexity index is 785. The molecule has 4 aliphatic rings. The van der Waals surface area contributed by atoms with E-state index in [1.165, 1.54) is 32.1 Å². The van der Waals surface area contributed by atoms with E-state index >= 15 is 0 Å². The van der Waals surface area contributed by atoms with E-state index in [0.29, 0.717) is 23.9 Å². The summed E-state index contributed by atoms with van der Waals surface area (Å²) in [7, 11) is 1.86. The molecule has 3 nitrogen and oxygen atoms in total. The predicted molar refractivity (Wildman–Crippen MR) is 138 cm³/mol. The van der Waals surface area contributed by atoms with Gasteiger partial charge in [0.15, 0.2) is 0 Å². The normalized spacial score (nSPS) is 34.6. The number of nitrogens with one attached hydrogen (secondary N) is 1. The van der Waals surface area contributed by atoms with Crippen molar-refractivity contribution < 1.29 is 14.2 Å². The predicted octanol–water partition coefficient (Wildman–Crippen LogP) is 6.95. The van der Waals surface area contributed by atoms with E-state index in [4.69, 9.17) is 4.74 Å². The second-order valence-corrected chi connectivity index (χ2v) is 11.1. The Hall–Kier alpha value is -1.23. The van der Waals surface area contributed by atoms with E-state index in [-0.39, 0.29) is 24.0 Å². The molecule has 34 heavy (non-hydrogen) atoms. The van der Waals surface area contributed by atoms with Gasteiger partial charge in [-0.3, -0.25) is 0 Å². The average Bonchev–Trinajstić information content (AvgIpc) is 2.88. The molecule has 1 heterocycles. The van der Waals surface area contributed by atoms with Gasteiger partial charge in [0.05, 0.1) is 18.2 Å². The number of aliphatic hydroxyl groups is 1. The van der Waals surface area contributed by atoms with Gasteiger partial charge in [-0.2, -0.15) is 0 Å². The van der Waals surface area contributed by atoms with Crippen molar-refractivity contribution in [1.82, 2.24) is 5.32 Å². The summed E-state index contributed by atoms with van der Waals surface area (Å²) in [4.78, 5) is 0. The first kappa shape index (κ1) is 25.9. The van der Waals surface area contributed by atoms with Gasteiger partial charge in [0.2, 0.25) is 0 Å². The monoisotopic (exact) mass is 471 g/mol. The minimum Gasteiger partial charge on any atom is -0.393 e. The fourth-order valence-electron chi connectivity index (χ4n) is 6.81. The van der Waals surface area contributed by atoms with E-state index in [0.717, 1.165) is 51.4 Å². The van der Waals surface area contributed by atoms with Crippen LogP contribution in [0.5, 0.6) is 0 Å². The van der Waals surface area contributed by atoms with Gasteiger partial charge >= 0.3 is 0 Å². The van der Waals surface area contributed by atoms with Crippen LogP contribution in [0.1, 0.15) is 90.4 Å². The highest BCUT2D eigenvalue weighted by Gasteiger charge is 2.42. The van der Waals surface area contributed by atoms with E-state index in [1.807, 2.05) is 19.3 Å². The number of halogens is 1. The maximum absolute atomic E-state index is 14.1. The molecule has 0 radical (unpaired) electrons. The van der Waals surface area contributed by atoms with Crippen LogP contribution in [0.15, 0.2) is 47.4 Å². The number of allylic oxidation sites excluding steroid dienone is 6. The lowest BCUT2D eigenvalue weighted by molar-refractivity contribution is 0.0250. The fraction of sp³-hybridized carbons (Fsp3) is 0.733. The van der Waals surface area contributed by atoms with Crippen LogP contribution in [0.25, 0.3) is 0 Å². The molecule has 0 amide bonds. The van der Waals surface area contributed by atoms with Gasteiger partial charge in [0.1, 0.15) is 5.83 Å². The Balaban J connectivity index is 1.50. The van der Waals surface area contributed by atoms with Crippen molar-refractivity contribution in [3.8, 4) is 0 Å². The molecule has 0 aromatic rings. The first-order chi connectivity index (χ1) is 16.6. The van der Waals surface area contributed by atoms with Gasteiger partial charge in [-0.15, -0.1) is 0 Å². The molecule has 4 rings (SSSR count). The quantitative estimate of drug-likeness (QED) is 0.268. The molecular weight excluding hydrogens is 425 g/mol. The third-order valence-electron chi connectivity index (χ3n) is 8.91. The standard InChI is InChI=1S/C30H46FNO2/c1-3-26(33)16-9-5-8-13-23-19-28(21-11-6-4-7-12-21)32-30-27(23)18-24(20-29(30)34-2)22-14-10-15-25(31)17-22/h4,6,10,15,17,21-22,24,26,28-30,32-33H,3,5,7-9,11-14,16,18-20H2,1-2H3. The number of rotatable bonds is 10. The number of hydrogen-bond acceptors (Lipinski definition) is 3. The zero-order chi connectivity index (χ0) is 23.9. The Morgan fingerprint density at radius 3 is 2.74 bits per heavy atom. The van der Waals surface area contributed by atoms with Crippen molar-refractivity contribution in [3.63, 3.8) is 0 Å². The van der Waals surface area contributed by atoms with Crippen LogP contribution >= 0.6 is 0 Å². The molecule has 0 aromatic carbocycles. The summed E-state index contributed by atoms with van der Waals surface area (Å²) in [6, 6.07) is 0.829.